The Labute approximate surface area is 149 Å². The minimum atomic E-state index is -0.946. The summed E-state index contributed by atoms with van der Waals surface area (Å²) in [4.78, 5) is 11.8. The molecule has 130 valence electrons. The summed E-state index contributed by atoms with van der Waals surface area (Å²) in [5.41, 5.74) is 9.61. The van der Waals surface area contributed by atoms with E-state index < -0.39 is 5.97 Å². The van der Waals surface area contributed by atoms with Gasteiger partial charge < -0.3 is 20.7 Å². The van der Waals surface area contributed by atoms with E-state index in [4.69, 9.17) is 15.6 Å². The van der Waals surface area contributed by atoms with Gasteiger partial charge in [0.15, 0.2) is 0 Å². The topological polar surface area (TPSA) is 100 Å². The van der Waals surface area contributed by atoms with Crippen molar-refractivity contribution in [3.8, 4) is 11.3 Å². The fourth-order valence-corrected chi connectivity index (χ4v) is 3.47. The van der Waals surface area contributed by atoms with Crippen LogP contribution in [0.25, 0.3) is 27.9 Å². The summed E-state index contributed by atoms with van der Waals surface area (Å²) in [7, 11) is 0. The fourth-order valence-electron chi connectivity index (χ4n) is 3.47. The number of anilines is 1. The summed E-state index contributed by atoms with van der Waals surface area (Å²) in [6.07, 6.45) is 4.48. The lowest BCUT2D eigenvalue weighted by atomic mass is 9.83. The first-order valence-corrected chi connectivity index (χ1v) is 8.41. The first-order chi connectivity index (χ1) is 12.4. The van der Waals surface area contributed by atoms with Crippen LogP contribution in [0.5, 0.6) is 0 Å². The highest BCUT2D eigenvalue weighted by molar-refractivity contribution is 6.12. The highest BCUT2D eigenvalue weighted by Gasteiger charge is 2.26. The average Bonchev–Trinajstić information content (AvgIpc) is 2.59. The van der Waals surface area contributed by atoms with Crippen LogP contribution in [0.15, 0.2) is 58.5 Å². The van der Waals surface area contributed by atoms with Crippen molar-refractivity contribution in [3.05, 3.63) is 65.0 Å². The first-order valence-electron chi connectivity index (χ1n) is 8.41. The van der Waals surface area contributed by atoms with Gasteiger partial charge in [0.1, 0.15) is 11.3 Å². The van der Waals surface area contributed by atoms with Crippen LogP contribution >= 0.6 is 0 Å². The Morgan fingerprint density at radius 2 is 2.08 bits per heavy atom. The molecule has 1 unspecified atom stereocenters. The molecule has 1 heterocycles. The number of nitrogens with two attached hydrogens (primary N) is 1. The minimum Gasteiger partial charge on any atom is -0.478 e. The minimum absolute atomic E-state index is 0.236. The molecule has 2 aliphatic carbocycles. The number of rotatable bonds is 2. The molecule has 1 aliphatic heterocycles. The van der Waals surface area contributed by atoms with Crippen LogP contribution in [0.1, 0.15) is 18.9 Å². The molecule has 5 nitrogen and oxygen atoms in total. The molecular formula is C21H18N2O3. The Balaban J connectivity index is 2.14. The number of hydrogen-bond acceptors (Lipinski definition) is 4. The van der Waals surface area contributed by atoms with Crippen molar-refractivity contribution in [2.75, 3.05) is 5.73 Å². The van der Waals surface area contributed by atoms with E-state index in [1.807, 2.05) is 18.2 Å². The first kappa shape index (κ1) is 16.1. The van der Waals surface area contributed by atoms with Crippen molar-refractivity contribution in [1.82, 2.24) is 0 Å². The SMILES string of the molecule is CC1C=C(c2c3ccc(=N)cc-3oc3cc(N)ccc23)C(C(=O)O)=CC1. The summed E-state index contributed by atoms with van der Waals surface area (Å²) in [6, 6.07) is 10.5. The number of fused-ring (bicyclic) bond motifs is 2. The Morgan fingerprint density at radius 3 is 2.85 bits per heavy atom. The maximum Gasteiger partial charge on any atom is 0.335 e. The highest BCUT2D eigenvalue weighted by atomic mass is 16.4. The molecule has 0 bridgehead atoms. The second kappa shape index (κ2) is 5.88. The molecule has 5 heteroatoms. The molecule has 0 fully saturated rings. The monoisotopic (exact) mass is 346 g/mol. The Hall–Kier alpha value is -3.34. The molecule has 4 N–H and O–H groups in total. The van der Waals surface area contributed by atoms with Gasteiger partial charge in [-0.25, -0.2) is 4.79 Å². The van der Waals surface area contributed by atoms with Crippen molar-refractivity contribution in [3.63, 3.8) is 0 Å². The zero-order valence-electron chi connectivity index (χ0n) is 14.2. The van der Waals surface area contributed by atoms with Crippen LogP contribution in [0.3, 0.4) is 0 Å². The van der Waals surface area contributed by atoms with Crippen molar-refractivity contribution in [2.24, 2.45) is 5.92 Å². The number of allylic oxidation sites excluding steroid dienone is 2. The Kier molecular flexibility index (Phi) is 3.65. The largest absolute Gasteiger partial charge is 0.478 e. The van der Waals surface area contributed by atoms with E-state index in [0.717, 1.165) is 16.5 Å². The molecule has 3 aliphatic rings. The summed E-state index contributed by atoms with van der Waals surface area (Å²) >= 11 is 0. The van der Waals surface area contributed by atoms with Gasteiger partial charge in [-0.15, -0.1) is 0 Å². The van der Waals surface area contributed by atoms with Gasteiger partial charge in [-0.2, -0.15) is 0 Å². The Morgan fingerprint density at radius 1 is 1.27 bits per heavy atom. The zero-order valence-corrected chi connectivity index (χ0v) is 14.2. The molecule has 0 amide bonds. The van der Waals surface area contributed by atoms with Crippen molar-refractivity contribution < 1.29 is 14.3 Å². The molecule has 0 spiro atoms. The van der Waals surface area contributed by atoms with Crippen LogP contribution in [-0.2, 0) is 4.79 Å². The predicted octanol–water partition coefficient (Wildman–Crippen LogP) is 4.03. The van der Waals surface area contributed by atoms with Crippen LogP contribution in [-0.4, -0.2) is 11.1 Å². The van der Waals surface area contributed by atoms with Gasteiger partial charge in [0, 0.05) is 34.3 Å². The van der Waals surface area contributed by atoms with Gasteiger partial charge in [0.05, 0.1) is 10.9 Å². The maximum absolute atomic E-state index is 11.8. The van der Waals surface area contributed by atoms with Crippen molar-refractivity contribution in [1.29, 1.82) is 5.41 Å². The van der Waals surface area contributed by atoms with Crippen LogP contribution < -0.4 is 11.1 Å². The van der Waals surface area contributed by atoms with Crippen LogP contribution in [0.4, 0.5) is 5.69 Å². The van der Waals surface area contributed by atoms with E-state index >= 15 is 0 Å². The van der Waals surface area contributed by atoms with Gasteiger partial charge >= 0.3 is 5.97 Å². The predicted molar refractivity (Wildman–Crippen MR) is 101 cm³/mol. The van der Waals surface area contributed by atoms with Gasteiger partial charge in [-0.3, -0.25) is 0 Å². The smallest absolute Gasteiger partial charge is 0.335 e. The number of carbonyl (C=O) groups is 1. The average molecular weight is 346 g/mol. The molecule has 0 saturated heterocycles. The molecule has 0 radical (unpaired) electrons. The lowest BCUT2D eigenvalue weighted by Crippen LogP contribution is -2.11. The van der Waals surface area contributed by atoms with Crippen molar-refractivity contribution >= 4 is 28.2 Å². The van der Waals surface area contributed by atoms with Gasteiger partial charge in [-0.05, 0) is 42.2 Å². The number of nitrogen functional groups attached to an aromatic ring is 1. The van der Waals surface area contributed by atoms with E-state index in [9.17, 15) is 9.90 Å². The number of aliphatic carboxylic acids is 1. The molecule has 4 rings (SSSR count). The van der Waals surface area contributed by atoms with Gasteiger partial charge in [-0.1, -0.05) is 19.1 Å². The molecular weight excluding hydrogens is 328 g/mol. The second-order valence-corrected chi connectivity index (χ2v) is 6.66. The third-order valence-corrected chi connectivity index (χ3v) is 4.68. The zero-order chi connectivity index (χ0) is 18.4. The Bertz CT molecular complexity index is 1140. The second-order valence-electron chi connectivity index (χ2n) is 6.66. The number of carboxylic acid groups (broad SMARTS) is 1. The van der Waals surface area contributed by atoms with E-state index in [1.165, 1.54) is 0 Å². The van der Waals surface area contributed by atoms with Gasteiger partial charge in [0.25, 0.3) is 0 Å². The summed E-state index contributed by atoms with van der Waals surface area (Å²) in [5.74, 6) is -0.174. The van der Waals surface area contributed by atoms with E-state index in [2.05, 4.69) is 6.92 Å². The standard InChI is InChI=1S/C21H18N2O3/c1-11-2-5-14(21(24)25)17(8-11)20-15-6-3-12(22)9-18(15)26-19-10-13(23)4-7-16(19)20/h3-11,22H,2,23H2,1H3,(H,24,25). The quantitative estimate of drug-likeness (QED) is 0.481. The number of hydrogen-bond donors (Lipinski definition) is 3. The fraction of sp³-hybridized carbons (Fsp3) is 0.143. The number of nitrogens with one attached hydrogen (secondary N) is 1. The summed E-state index contributed by atoms with van der Waals surface area (Å²) in [6.45, 7) is 2.06. The highest BCUT2D eigenvalue weighted by Crippen LogP contribution is 2.42. The lowest BCUT2D eigenvalue weighted by molar-refractivity contribution is -0.132. The lowest BCUT2D eigenvalue weighted by Gasteiger charge is -2.22. The molecule has 0 saturated carbocycles. The molecule has 0 aromatic heterocycles. The number of carboxylic acids is 1. The number of benzene rings is 2. The van der Waals surface area contributed by atoms with E-state index in [-0.39, 0.29) is 5.92 Å². The summed E-state index contributed by atoms with van der Waals surface area (Å²) in [5, 5.41) is 18.7. The maximum atomic E-state index is 11.8. The third-order valence-electron chi connectivity index (χ3n) is 4.68. The molecule has 1 aromatic carbocycles. The van der Waals surface area contributed by atoms with Crippen LogP contribution in [0, 0.1) is 11.3 Å². The van der Waals surface area contributed by atoms with Crippen molar-refractivity contribution in [2.45, 2.75) is 13.3 Å². The molecule has 1 aromatic rings. The molecule has 1 atom stereocenters. The molecule has 26 heavy (non-hydrogen) atoms. The van der Waals surface area contributed by atoms with E-state index in [1.54, 1.807) is 30.3 Å². The third kappa shape index (κ3) is 2.58. The van der Waals surface area contributed by atoms with Gasteiger partial charge in [0.2, 0.25) is 0 Å². The van der Waals surface area contributed by atoms with E-state index in [0.29, 0.717) is 40.0 Å². The van der Waals surface area contributed by atoms with Crippen LogP contribution in [0.2, 0.25) is 0 Å². The summed E-state index contributed by atoms with van der Waals surface area (Å²) < 4.78 is 5.97. The normalized spacial score (nSPS) is 17.2.